The highest BCUT2D eigenvalue weighted by Crippen LogP contribution is 2.27. The maximum Gasteiger partial charge on any atom is 0.260 e. The standard InChI is InChI=1S/C15H23BrN2O3/c1-4-17-10-12-5-6-14(13(16)9-12)21-11(2)15(19)18-7-8-20-3/h5-6,9,11,17H,4,7-8,10H2,1-3H3,(H,18,19). The first-order chi connectivity index (χ1) is 10.1. The number of halogens is 1. The van der Waals surface area contributed by atoms with E-state index in [1.54, 1.807) is 14.0 Å². The highest BCUT2D eigenvalue weighted by molar-refractivity contribution is 9.10. The van der Waals surface area contributed by atoms with Crippen molar-refractivity contribution in [2.24, 2.45) is 0 Å². The van der Waals surface area contributed by atoms with Crippen LogP contribution in [0.2, 0.25) is 0 Å². The second-order valence-corrected chi connectivity index (χ2v) is 5.44. The Bertz CT molecular complexity index is 455. The van der Waals surface area contributed by atoms with E-state index in [1.165, 1.54) is 0 Å². The van der Waals surface area contributed by atoms with Gasteiger partial charge in [0.25, 0.3) is 5.91 Å². The number of carbonyl (C=O) groups is 1. The van der Waals surface area contributed by atoms with Crippen LogP contribution in [0.1, 0.15) is 19.4 Å². The van der Waals surface area contributed by atoms with Crippen molar-refractivity contribution in [1.29, 1.82) is 0 Å². The van der Waals surface area contributed by atoms with Gasteiger partial charge in [-0.1, -0.05) is 13.0 Å². The Morgan fingerprint density at radius 2 is 2.19 bits per heavy atom. The second-order valence-electron chi connectivity index (χ2n) is 4.59. The molecular weight excluding hydrogens is 336 g/mol. The Morgan fingerprint density at radius 1 is 1.43 bits per heavy atom. The van der Waals surface area contributed by atoms with E-state index < -0.39 is 6.10 Å². The van der Waals surface area contributed by atoms with Crippen molar-refractivity contribution in [3.63, 3.8) is 0 Å². The molecule has 1 amide bonds. The molecule has 0 aromatic heterocycles. The van der Waals surface area contributed by atoms with E-state index in [4.69, 9.17) is 9.47 Å². The molecule has 0 aliphatic carbocycles. The lowest BCUT2D eigenvalue weighted by Gasteiger charge is -2.16. The topological polar surface area (TPSA) is 59.6 Å². The van der Waals surface area contributed by atoms with Gasteiger partial charge in [-0.25, -0.2) is 0 Å². The van der Waals surface area contributed by atoms with Crippen molar-refractivity contribution in [1.82, 2.24) is 10.6 Å². The average Bonchev–Trinajstić information content (AvgIpc) is 2.47. The molecule has 0 radical (unpaired) electrons. The van der Waals surface area contributed by atoms with Gasteiger partial charge in [-0.15, -0.1) is 0 Å². The third kappa shape index (κ3) is 6.46. The first-order valence-electron chi connectivity index (χ1n) is 7.01. The molecule has 1 rings (SSSR count). The van der Waals surface area contributed by atoms with E-state index in [-0.39, 0.29) is 5.91 Å². The van der Waals surface area contributed by atoms with Gasteiger partial charge in [0.1, 0.15) is 5.75 Å². The molecular formula is C15H23BrN2O3. The van der Waals surface area contributed by atoms with Crippen LogP contribution in [-0.2, 0) is 16.1 Å². The van der Waals surface area contributed by atoms with Gasteiger partial charge in [0.05, 0.1) is 11.1 Å². The largest absolute Gasteiger partial charge is 0.480 e. The number of ether oxygens (including phenoxy) is 2. The second kappa shape index (κ2) is 9.76. The Morgan fingerprint density at radius 3 is 2.81 bits per heavy atom. The highest BCUT2D eigenvalue weighted by Gasteiger charge is 2.15. The first-order valence-corrected chi connectivity index (χ1v) is 7.80. The molecule has 0 heterocycles. The normalized spacial score (nSPS) is 12.0. The van der Waals surface area contributed by atoms with Crippen LogP contribution >= 0.6 is 15.9 Å². The van der Waals surface area contributed by atoms with Gasteiger partial charge in [0, 0.05) is 20.2 Å². The van der Waals surface area contributed by atoms with Crippen LogP contribution in [0.15, 0.2) is 22.7 Å². The molecule has 0 fully saturated rings. The molecule has 1 unspecified atom stereocenters. The summed E-state index contributed by atoms with van der Waals surface area (Å²) in [6.45, 7) is 6.49. The molecule has 5 nitrogen and oxygen atoms in total. The summed E-state index contributed by atoms with van der Waals surface area (Å²) >= 11 is 3.48. The van der Waals surface area contributed by atoms with Crippen LogP contribution in [-0.4, -0.2) is 38.8 Å². The number of methoxy groups -OCH3 is 1. The van der Waals surface area contributed by atoms with Gasteiger partial charge in [0.15, 0.2) is 6.10 Å². The van der Waals surface area contributed by atoms with Crippen LogP contribution in [0.3, 0.4) is 0 Å². The smallest absolute Gasteiger partial charge is 0.260 e. The molecule has 2 N–H and O–H groups in total. The van der Waals surface area contributed by atoms with E-state index in [0.29, 0.717) is 18.9 Å². The molecule has 1 aromatic rings. The number of benzene rings is 1. The summed E-state index contributed by atoms with van der Waals surface area (Å²) in [5.41, 5.74) is 1.16. The predicted octanol–water partition coefficient (Wildman–Crippen LogP) is 2.09. The molecule has 0 bridgehead atoms. The van der Waals surface area contributed by atoms with Gasteiger partial charge < -0.3 is 20.1 Å². The van der Waals surface area contributed by atoms with E-state index in [9.17, 15) is 4.79 Å². The number of hydrogen-bond acceptors (Lipinski definition) is 4. The Labute approximate surface area is 134 Å². The monoisotopic (exact) mass is 358 g/mol. The molecule has 0 aliphatic heterocycles. The molecule has 0 saturated heterocycles. The number of rotatable bonds is 9. The lowest BCUT2D eigenvalue weighted by atomic mass is 10.2. The van der Waals surface area contributed by atoms with Gasteiger partial charge in [-0.2, -0.15) is 0 Å². The highest BCUT2D eigenvalue weighted by atomic mass is 79.9. The van der Waals surface area contributed by atoms with E-state index in [0.717, 1.165) is 23.1 Å². The van der Waals surface area contributed by atoms with Crippen LogP contribution < -0.4 is 15.4 Å². The van der Waals surface area contributed by atoms with E-state index >= 15 is 0 Å². The summed E-state index contributed by atoms with van der Waals surface area (Å²) in [6, 6.07) is 5.85. The molecule has 6 heteroatoms. The summed E-state index contributed by atoms with van der Waals surface area (Å²) in [7, 11) is 1.60. The Balaban J connectivity index is 2.55. The minimum absolute atomic E-state index is 0.157. The van der Waals surface area contributed by atoms with Crippen LogP contribution in [0.4, 0.5) is 0 Å². The average molecular weight is 359 g/mol. The maximum absolute atomic E-state index is 11.8. The summed E-state index contributed by atoms with van der Waals surface area (Å²) < 4.78 is 11.4. The fourth-order valence-corrected chi connectivity index (χ4v) is 2.20. The zero-order chi connectivity index (χ0) is 15.7. The molecule has 0 aliphatic rings. The minimum atomic E-state index is -0.558. The number of nitrogens with one attached hydrogen (secondary N) is 2. The number of carbonyl (C=O) groups excluding carboxylic acids is 1. The fourth-order valence-electron chi connectivity index (χ4n) is 1.68. The van der Waals surface area contributed by atoms with Gasteiger partial charge in [0.2, 0.25) is 0 Å². The zero-order valence-electron chi connectivity index (χ0n) is 12.7. The SMILES string of the molecule is CCNCc1ccc(OC(C)C(=O)NCCOC)c(Br)c1. The summed E-state index contributed by atoms with van der Waals surface area (Å²) in [5.74, 6) is 0.500. The van der Waals surface area contributed by atoms with Crippen molar-refractivity contribution >= 4 is 21.8 Å². The molecule has 1 atom stereocenters. The molecule has 0 spiro atoms. The lowest BCUT2D eigenvalue weighted by Crippen LogP contribution is -2.38. The maximum atomic E-state index is 11.8. The van der Waals surface area contributed by atoms with Gasteiger partial charge >= 0.3 is 0 Å². The summed E-state index contributed by atoms with van der Waals surface area (Å²) in [5, 5.41) is 6.01. The molecule has 21 heavy (non-hydrogen) atoms. The third-order valence-electron chi connectivity index (χ3n) is 2.85. The van der Waals surface area contributed by atoms with Crippen molar-refractivity contribution < 1.29 is 14.3 Å². The van der Waals surface area contributed by atoms with Gasteiger partial charge in [-0.05, 0) is 47.1 Å². The zero-order valence-corrected chi connectivity index (χ0v) is 14.3. The summed E-state index contributed by atoms with van der Waals surface area (Å²) in [6.07, 6.45) is -0.558. The lowest BCUT2D eigenvalue weighted by molar-refractivity contribution is -0.127. The van der Waals surface area contributed by atoms with Crippen molar-refractivity contribution in [2.45, 2.75) is 26.5 Å². The molecule has 0 saturated carbocycles. The van der Waals surface area contributed by atoms with Crippen LogP contribution in [0, 0.1) is 0 Å². The van der Waals surface area contributed by atoms with Crippen LogP contribution in [0.5, 0.6) is 5.75 Å². The quantitative estimate of drug-likeness (QED) is 0.663. The van der Waals surface area contributed by atoms with Gasteiger partial charge in [-0.3, -0.25) is 4.79 Å². The summed E-state index contributed by atoms with van der Waals surface area (Å²) in [4.78, 5) is 11.8. The minimum Gasteiger partial charge on any atom is -0.480 e. The van der Waals surface area contributed by atoms with E-state index in [2.05, 4.69) is 33.5 Å². The van der Waals surface area contributed by atoms with Crippen LogP contribution in [0.25, 0.3) is 0 Å². The third-order valence-corrected chi connectivity index (χ3v) is 3.47. The molecule has 1 aromatic carbocycles. The van der Waals surface area contributed by atoms with Crippen molar-refractivity contribution in [3.8, 4) is 5.75 Å². The Kier molecular flexibility index (Phi) is 8.34. The van der Waals surface area contributed by atoms with E-state index in [1.807, 2.05) is 18.2 Å². The fraction of sp³-hybridized carbons (Fsp3) is 0.533. The molecule has 118 valence electrons. The van der Waals surface area contributed by atoms with Crippen molar-refractivity contribution in [2.75, 3.05) is 26.8 Å². The van der Waals surface area contributed by atoms with Crippen molar-refractivity contribution in [3.05, 3.63) is 28.2 Å². The Hall–Kier alpha value is -1.11. The number of amides is 1. The predicted molar refractivity (Wildman–Crippen MR) is 86.5 cm³/mol. The number of hydrogen-bond donors (Lipinski definition) is 2. The first kappa shape index (κ1) is 17.9.